The van der Waals surface area contributed by atoms with Gasteiger partial charge in [-0.05, 0) is 31.5 Å². The van der Waals surface area contributed by atoms with Crippen molar-refractivity contribution in [2.24, 2.45) is 4.99 Å². The number of nitriles is 1. The second kappa shape index (κ2) is 8.42. The van der Waals surface area contributed by atoms with Crippen LogP contribution >= 0.6 is 23.1 Å². The molecule has 1 aromatic heterocycles. The van der Waals surface area contributed by atoms with Gasteiger partial charge in [0.25, 0.3) is 0 Å². The lowest BCUT2D eigenvalue weighted by atomic mass is 10.1. The lowest BCUT2D eigenvalue weighted by Gasteiger charge is -2.10. The lowest BCUT2D eigenvalue weighted by Crippen LogP contribution is -2.07. The van der Waals surface area contributed by atoms with E-state index in [9.17, 15) is 5.26 Å². The number of aliphatic imine (C=N–C) groups is 1. The van der Waals surface area contributed by atoms with Crippen LogP contribution in [0.5, 0.6) is 10.8 Å². The largest absolute Gasteiger partial charge is 0.442 e. The SMILES string of the molecule is Cc1ccc(-c2nsc(Oc3cc(C)c(/N=C\N(C)C)cc3Cl)c2C#N)cc1. The first-order valence-electron chi connectivity index (χ1n) is 8.54. The highest BCUT2D eigenvalue weighted by Crippen LogP contribution is 2.40. The molecule has 0 aliphatic rings. The van der Waals surface area contributed by atoms with Crippen LogP contribution < -0.4 is 4.74 Å². The summed E-state index contributed by atoms with van der Waals surface area (Å²) in [6.07, 6.45) is 1.71. The van der Waals surface area contributed by atoms with Gasteiger partial charge in [-0.3, -0.25) is 0 Å². The van der Waals surface area contributed by atoms with Crippen molar-refractivity contribution in [2.45, 2.75) is 13.8 Å². The Morgan fingerprint density at radius 1 is 1.21 bits per heavy atom. The van der Waals surface area contributed by atoms with Crippen LogP contribution in [0.25, 0.3) is 11.3 Å². The molecule has 0 bridgehead atoms. The Bertz CT molecular complexity index is 1070. The smallest absolute Gasteiger partial charge is 0.218 e. The maximum absolute atomic E-state index is 9.65. The van der Waals surface area contributed by atoms with E-state index in [0.717, 1.165) is 33.9 Å². The fourth-order valence-corrected chi connectivity index (χ4v) is 3.42. The van der Waals surface area contributed by atoms with E-state index >= 15 is 0 Å². The Balaban J connectivity index is 1.93. The van der Waals surface area contributed by atoms with Gasteiger partial charge in [0.05, 0.1) is 17.0 Å². The summed E-state index contributed by atoms with van der Waals surface area (Å²) in [6, 6.07) is 13.6. The van der Waals surface area contributed by atoms with Gasteiger partial charge in [0.1, 0.15) is 23.1 Å². The molecule has 0 atom stereocenters. The zero-order valence-corrected chi connectivity index (χ0v) is 17.6. The molecule has 0 saturated heterocycles. The molecule has 7 heteroatoms. The fraction of sp³-hybridized carbons (Fsp3) is 0.190. The number of benzene rings is 2. The van der Waals surface area contributed by atoms with Crippen molar-refractivity contribution in [2.75, 3.05) is 14.1 Å². The Morgan fingerprint density at radius 3 is 2.57 bits per heavy atom. The third-order valence-corrected chi connectivity index (χ3v) is 5.00. The van der Waals surface area contributed by atoms with Crippen molar-refractivity contribution in [1.82, 2.24) is 9.27 Å². The van der Waals surface area contributed by atoms with E-state index in [1.165, 1.54) is 0 Å². The topological polar surface area (TPSA) is 61.5 Å². The number of hydrogen-bond donors (Lipinski definition) is 0. The van der Waals surface area contributed by atoms with Crippen molar-refractivity contribution in [3.63, 3.8) is 0 Å². The summed E-state index contributed by atoms with van der Waals surface area (Å²) in [6.45, 7) is 3.95. The first-order chi connectivity index (χ1) is 13.4. The normalized spacial score (nSPS) is 10.9. The quantitative estimate of drug-likeness (QED) is 0.384. The minimum atomic E-state index is 0.400. The Kier molecular flexibility index (Phi) is 5.98. The number of aryl methyl sites for hydroxylation is 2. The molecular weight excluding hydrogens is 392 g/mol. The Hall–Kier alpha value is -2.88. The van der Waals surface area contributed by atoms with Gasteiger partial charge < -0.3 is 9.64 Å². The van der Waals surface area contributed by atoms with Crippen LogP contribution in [0.3, 0.4) is 0 Å². The van der Waals surface area contributed by atoms with E-state index in [-0.39, 0.29) is 0 Å². The van der Waals surface area contributed by atoms with E-state index in [2.05, 4.69) is 15.4 Å². The predicted octanol–water partition coefficient (Wildman–Crippen LogP) is 5.97. The third-order valence-electron chi connectivity index (χ3n) is 3.98. The minimum absolute atomic E-state index is 0.400. The molecule has 0 saturated carbocycles. The second-order valence-corrected chi connectivity index (χ2v) is 7.69. The summed E-state index contributed by atoms with van der Waals surface area (Å²) in [5.41, 5.74) is 4.72. The lowest BCUT2D eigenvalue weighted by molar-refractivity contribution is 0.495. The molecule has 0 amide bonds. The van der Waals surface area contributed by atoms with Crippen molar-refractivity contribution in [3.05, 3.63) is 58.1 Å². The van der Waals surface area contributed by atoms with Crippen LogP contribution in [-0.2, 0) is 0 Å². The average Bonchev–Trinajstić information content (AvgIpc) is 3.06. The summed E-state index contributed by atoms with van der Waals surface area (Å²) in [5, 5.41) is 10.5. The molecule has 0 fully saturated rings. The zero-order valence-electron chi connectivity index (χ0n) is 16.0. The fourth-order valence-electron chi connectivity index (χ4n) is 2.49. The maximum atomic E-state index is 9.65. The van der Waals surface area contributed by atoms with Gasteiger partial charge in [0.2, 0.25) is 5.06 Å². The highest BCUT2D eigenvalue weighted by molar-refractivity contribution is 7.08. The average molecular weight is 411 g/mol. The van der Waals surface area contributed by atoms with Crippen LogP contribution in [0.1, 0.15) is 16.7 Å². The number of hydrogen-bond acceptors (Lipinski definition) is 5. The molecule has 3 rings (SSSR count). The van der Waals surface area contributed by atoms with E-state index < -0.39 is 0 Å². The third kappa shape index (κ3) is 4.33. The number of halogens is 1. The van der Waals surface area contributed by atoms with Crippen molar-refractivity contribution in [3.8, 4) is 28.1 Å². The first kappa shape index (κ1) is 19.9. The maximum Gasteiger partial charge on any atom is 0.218 e. The monoisotopic (exact) mass is 410 g/mol. The minimum Gasteiger partial charge on any atom is -0.442 e. The molecule has 2 aromatic carbocycles. The highest BCUT2D eigenvalue weighted by Gasteiger charge is 2.18. The van der Waals surface area contributed by atoms with Crippen LogP contribution in [-0.4, -0.2) is 29.7 Å². The van der Waals surface area contributed by atoms with Crippen molar-refractivity contribution >= 4 is 35.2 Å². The molecule has 28 heavy (non-hydrogen) atoms. The molecule has 0 aliphatic heterocycles. The van der Waals surface area contributed by atoms with Crippen LogP contribution in [0.4, 0.5) is 5.69 Å². The zero-order chi connectivity index (χ0) is 20.3. The molecule has 142 valence electrons. The molecule has 3 aromatic rings. The van der Waals surface area contributed by atoms with Crippen LogP contribution in [0.2, 0.25) is 5.02 Å². The van der Waals surface area contributed by atoms with E-state index in [1.54, 1.807) is 12.4 Å². The predicted molar refractivity (Wildman–Crippen MR) is 115 cm³/mol. The number of nitrogens with zero attached hydrogens (tertiary/aromatic N) is 4. The van der Waals surface area contributed by atoms with Gasteiger partial charge in [-0.25, -0.2) is 4.99 Å². The summed E-state index contributed by atoms with van der Waals surface area (Å²) in [4.78, 5) is 6.25. The van der Waals surface area contributed by atoms with E-state index in [1.807, 2.05) is 63.2 Å². The summed E-state index contributed by atoms with van der Waals surface area (Å²) in [5.74, 6) is 0.471. The summed E-state index contributed by atoms with van der Waals surface area (Å²) in [7, 11) is 3.80. The van der Waals surface area contributed by atoms with Gasteiger partial charge in [-0.1, -0.05) is 41.4 Å². The Morgan fingerprint density at radius 2 is 1.93 bits per heavy atom. The molecule has 5 nitrogen and oxygen atoms in total. The highest BCUT2D eigenvalue weighted by atomic mass is 35.5. The molecule has 0 aliphatic carbocycles. The Labute approximate surface area is 173 Å². The molecule has 0 N–H and O–H groups in total. The standard InChI is InChI=1S/C21H19ClN4OS/c1-13-5-7-15(8-6-13)20-16(11-23)21(28-25-20)27-19-9-14(2)18(10-17(19)22)24-12-26(3)4/h5-10,12H,1-4H3/b24-12-. The van der Waals surface area contributed by atoms with Gasteiger partial charge in [-0.15, -0.1) is 0 Å². The molecule has 1 heterocycles. The van der Waals surface area contributed by atoms with Gasteiger partial charge >= 0.3 is 0 Å². The number of aromatic nitrogens is 1. The molecule has 0 radical (unpaired) electrons. The van der Waals surface area contributed by atoms with Gasteiger partial charge in [0, 0.05) is 31.2 Å². The van der Waals surface area contributed by atoms with E-state index in [4.69, 9.17) is 16.3 Å². The van der Waals surface area contributed by atoms with Crippen molar-refractivity contribution < 1.29 is 4.74 Å². The van der Waals surface area contributed by atoms with Gasteiger partial charge in [0.15, 0.2) is 0 Å². The van der Waals surface area contributed by atoms with E-state index in [0.29, 0.717) is 27.1 Å². The first-order valence-corrected chi connectivity index (χ1v) is 9.69. The van der Waals surface area contributed by atoms with Crippen LogP contribution in [0.15, 0.2) is 41.4 Å². The summed E-state index contributed by atoms with van der Waals surface area (Å²) < 4.78 is 10.4. The number of ether oxygens (including phenoxy) is 1. The second-order valence-electron chi connectivity index (χ2n) is 6.55. The van der Waals surface area contributed by atoms with Crippen molar-refractivity contribution in [1.29, 1.82) is 5.26 Å². The molecule has 0 spiro atoms. The summed E-state index contributed by atoms with van der Waals surface area (Å²) >= 11 is 7.53. The number of rotatable bonds is 5. The molecular formula is C21H19ClN4OS. The van der Waals surface area contributed by atoms with Gasteiger partial charge in [-0.2, -0.15) is 9.64 Å². The molecule has 0 unspecified atom stereocenters. The van der Waals surface area contributed by atoms with Crippen LogP contribution in [0, 0.1) is 25.2 Å².